The van der Waals surface area contributed by atoms with Crippen molar-refractivity contribution in [3.8, 4) is 0 Å². The first-order chi connectivity index (χ1) is 14.6. The number of benzene rings is 1. The summed E-state index contributed by atoms with van der Waals surface area (Å²) in [5.74, 6) is -1.27. The second-order valence-corrected chi connectivity index (χ2v) is 8.71. The molecule has 2 aliphatic rings. The quantitative estimate of drug-likeness (QED) is 0.656. The van der Waals surface area contributed by atoms with Crippen molar-refractivity contribution in [2.75, 3.05) is 39.4 Å². The van der Waals surface area contributed by atoms with E-state index in [2.05, 4.69) is 4.90 Å². The van der Waals surface area contributed by atoms with Crippen LogP contribution >= 0.6 is 22.9 Å². The fraction of sp³-hybridized carbons (Fsp3) is 0.364. The molecule has 1 atom stereocenters. The van der Waals surface area contributed by atoms with Crippen molar-refractivity contribution >= 4 is 34.6 Å². The minimum Gasteiger partial charge on any atom is -0.503 e. The van der Waals surface area contributed by atoms with Gasteiger partial charge in [-0.25, -0.2) is 0 Å². The summed E-state index contributed by atoms with van der Waals surface area (Å²) in [7, 11) is 0. The number of aliphatic hydroxyl groups excluding tert-OH is 1. The Bertz CT molecular complexity index is 937. The third-order valence-electron chi connectivity index (χ3n) is 5.46. The second-order valence-electron chi connectivity index (χ2n) is 7.33. The predicted molar refractivity (Wildman–Crippen MR) is 116 cm³/mol. The number of aliphatic hydroxyl groups is 1. The number of carbonyl (C=O) groups is 2. The summed E-state index contributed by atoms with van der Waals surface area (Å²) in [6, 6.07) is 9.92. The van der Waals surface area contributed by atoms with Gasteiger partial charge in [0.25, 0.3) is 5.91 Å². The van der Waals surface area contributed by atoms with E-state index in [1.165, 1.54) is 11.3 Å². The molecule has 4 rings (SSSR count). The van der Waals surface area contributed by atoms with E-state index < -0.39 is 17.7 Å². The lowest BCUT2D eigenvalue weighted by molar-refractivity contribution is -0.129. The number of hydrogen-bond donors (Lipinski definition) is 1. The van der Waals surface area contributed by atoms with Crippen LogP contribution in [-0.2, 0) is 9.53 Å². The summed E-state index contributed by atoms with van der Waals surface area (Å²) in [6.07, 6.45) is 0.740. The molecule has 0 bridgehead atoms. The smallest absolute Gasteiger partial charge is 0.290 e. The highest BCUT2D eigenvalue weighted by molar-refractivity contribution is 7.12. The molecule has 0 aliphatic carbocycles. The fourth-order valence-corrected chi connectivity index (χ4v) is 4.74. The number of hydrogen-bond acceptors (Lipinski definition) is 6. The highest BCUT2D eigenvalue weighted by atomic mass is 35.5. The minimum atomic E-state index is -0.631. The van der Waals surface area contributed by atoms with Gasteiger partial charge in [-0.1, -0.05) is 29.8 Å². The van der Waals surface area contributed by atoms with Crippen LogP contribution in [0.2, 0.25) is 5.02 Å². The molecule has 0 spiro atoms. The van der Waals surface area contributed by atoms with E-state index in [4.69, 9.17) is 16.3 Å². The molecule has 1 N–H and O–H groups in total. The number of morpholine rings is 1. The first kappa shape index (κ1) is 21.1. The van der Waals surface area contributed by atoms with Gasteiger partial charge in [0, 0.05) is 31.2 Å². The summed E-state index contributed by atoms with van der Waals surface area (Å²) < 4.78 is 5.38. The third-order valence-corrected chi connectivity index (χ3v) is 6.58. The molecule has 8 heteroatoms. The summed E-state index contributed by atoms with van der Waals surface area (Å²) in [5.41, 5.74) is 0.888. The van der Waals surface area contributed by atoms with Gasteiger partial charge in [0.15, 0.2) is 5.76 Å². The van der Waals surface area contributed by atoms with E-state index >= 15 is 0 Å². The zero-order valence-corrected chi connectivity index (χ0v) is 18.0. The lowest BCUT2D eigenvalue weighted by Crippen LogP contribution is -2.39. The van der Waals surface area contributed by atoms with Crippen molar-refractivity contribution in [3.63, 3.8) is 0 Å². The van der Waals surface area contributed by atoms with Crippen LogP contribution in [-0.4, -0.2) is 66.0 Å². The number of carbonyl (C=O) groups excluding carboxylic acids is 2. The zero-order valence-electron chi connectivity index (χ0n) is 16.4. The van der Waals surface area contributed by atoms with Crippen molar-refractivity contribution in [2.45, 2.75) is 12.5 Å². The van der Waals surface area contributed by atoms with Crippen molar-refractivity contribution in [1.29, 1.82) is 0 Å². The Morgan fingerprint density at radius 2 is 1.90 bits per heavy atom. The Balaban J connectivity index is 1.59. The molecule has 3 heterocycles. The van der Waals surface area contributed by atoms with Crippen LogP contribution in [0, 0.1) is 0 Å². The van der Waals surface area contributed by atoms with Crippen molar-refractivity contribution in [3.05, 3.63) is 68.6 Å². The Morgan fingerprint density at radius 1 is 1.17 bits per heavy atom. The van der Waals surface area contributed by atoms with Crippen LogP contribution in [0.4, 0.5) is 0 Å². The third kappa shape index (κ3) is 4.30. The molecule has 1 fully saturated rings. The van der Waals surface area contributed by atoms with Gasteiger partial charge in [-0.05, 0) is 35.6 Å². The van der Waals surface area contributed by atoms with Gasteiger partial charge in [-0.15, -0.1) is 11.3 Å². The number of thiophene rings is 1. The SMILES string of the molecule is O=C(C1=C(O)C(=O)N(CCCN2CCOCC2)[C@H]1c1ccc(Cl)cc1)c1cccs1. The van der Waals surface area contributed by atoms with Gasteiger partial charge in [0.05, 0.1) is 29.7 Å². The van der Waals surface area contributed by atoms with E-state index in [-0.39, 0.29) is 11.4 Å². The molecular weight excluding hydrogens is 424 g/mol. The van der Waals surface area contributed by atoms with E-state index in [9.17, 15) is 14.7 Å². The van der Waals surface area contributed by atoms with Crippen molar-refractivity contribution in [1.82, 2.24) is 9.80 Å². The Hall–Kier alpha value is -2.19. The molecule has 2 aromatic rings. The van der Waals surface area contributed by atoms with Gasteiger partial charge >= 0.3 is 0 Å². The summed E-state index contributed by atoms with van der Waals surface area (Å²) in [5, 5.41) is 13.0. The van der Waals surface area contributed by atoms with Crippen LogP contribution in [0.15, 0.2) is 53.1 Å². The fourth-order valence-electron chi connectivity index (χ4n) is 3.94. The number of amides is 1. The van der Waals surface area contributed by atoms with Gasteiger partial charge in [-0.2, -0.15) is 0 Å². The topological polar surface area (TPSA) is 70.1 Å². The van der Waals surface area contributed by atoms with Crippen LogP contribution in [0.1, 0.15) is 27.7 Å². The van der Waals surface area contributed by atoms with Crippen molar-refractivity contribution < 1.29 is 19.4 Å². The maximum Gasteiger partial charge on any atom is 0.290 e. The Kier molecular flexibility index (Phi) is 6.53. The monoisotopic (exact) mass is 446 g/mol. The number of ether oxygens (including phenoxy) is 1. The zero-order chi connectivity index (χ0) is 21.1. The molecule has 0 saturated carbocycles. The molecule has 1 saturated heterocycles. The van der Waals surface area contributed by atoms with Crippen molar-refractivity contribution in [2.24, 2.45) is 0 Å². The number of halogens is 1. The Labute approximate surface area is 184 Å². The van der Waals surface area contributed by atoms with E-state index in [0.29, 0.717) is 16.4 Å². The normalized spacial score (nSPS) is 20.2. The number of nitrogens with zero attached hydrogens (tertiary/aromatic N) is 2. The molecule has 1 amide bonds. The highest BCUT2D eigenvalue weighted by Gasteiger charge is 2.43. The van der Waals surface area contributed by atoms with Crippen LogP contribution < -0.4 is 0 Å². The number of ketones is 1. The molecule has 158 valence electrons. The largest absolute Gasteiger partial charge is 0.503 e. The molecule has 0 unspecified atom stereocenters. The molecule has 30 heavy (non-hydrogen) atoms. The number of rotatable bonds is 7. The summed E-state index contributed by atoms with van der Waals surface area (Å²) in [4.78, 5) is 30.5. The second kappa shape index (κ2) is 9.31. The summed E-state index contributed by atoms with van der Waals surface area (Å²) >= 11 is 7.33. The average Bonchev–Trinajstić information content (AvgIpc) is 3.38. The lowest BCUT2D eigenvalue weighted by atomic mass is 9.95. The van der Waals surface area contributed by atoms with Gasteiger partial charge < -0.3 is 14.7 Å². The lowest BCUT2D eigenvalue weighted by Gasteiger charge is -2.30. The van der Waals surface area contributed by atoms with Crippen LogP contribution in [0.3, 0.4) is 0 Å². The van der Waals surface area contributed by atoms with Gasteiger partial charge in [-0.3, -0.25) is 14.5 Å². The van der Waals surface area contributed by atoms with Gasteiger partial charge in [0.1, 0.15) is 0 Å². The van der Waals surface area contributed by atoms with Gasteiger partial charge in [0.2, 0.25) is 5.78 Å². The van der Waals surface area contributed by atoms with E-state index in [0.717, 1.165) is 44.8 Å². The predicted octanol–water partition coefficient (Wildman–Crippen LogP) is 3.70. The first-order valence-corrected chi connectivity index (χ1v) is 11.2. The van der Waals surface area contributed by atoms with E-state index in [1.807, 2.05) is 0 Å². The van der Waals surface area contributed by atoms with E-state index in [1.54, 1.807) is 46.7 Å². The molecule has 6 nitrogen and oxygen atoms in total. The Morgan fingerprint density at radius 3 is 2.57 bits per heavy atom. The standard InChI is InChI=1S/C22H23ClN2O4S/c23-16-6-4-15(5-7-16)19-18(20(26)17-3-1-14-30-17)21(27)22(28)25(19)9-2-8-24-10-12-29-13-11-24/h1,3-7,14,19,27H,2,8-13H2/t19-/m0/s1. The van der Waals surface area contributed by atoms with Crippen LogP contribution in [0.5, 0.6) is 0 Å². The average molecular weight is 447 g/mol. The maximum absolute atomic E-state index is 13.1. The molecule has 2 aliphatic heterocycles. The highest BCUT2D eigenvalue weighted by Crippen LogP contribution is 2.39. The molecule has 0 radical (unpaired) electrons. The maximum atomic E-state index is 13.1. The minimum absolute atomic E-state index is 0.135. The first-order valence-electron chi connectivity index (χ1n) is 9.94. The molecule has 1 aromatic carbocycles. The molecule has 1 aromatic heterocycles. The summed E-state index contributed by atoms with van der Waals surface area (Å²) in [6.45, 7) is 4.46. The molecular formula is C22H23ClN2O4S. The van der Waals surface area contributed by atoms with Crippen LogP contribution in [0.25, 0.3) is 0 Å². The number of Topliss-reactive ketones (excluding diaryl/α,β-unsaturated/α-hetero) is 1.